The highest BCUT2D eigenvalue weighted by atomic mass is 14.7. The van der Waals surface area contributed by atoms with Gasteiger partial charge in [-0.1, -0.05) is 13.3 Å². The van der Waals surface area contributed by atoms with E-state index in [4.69, 9.17) is 5.41 Å². The lowest BCUT2D eigenvalue weighted by Crippen LogP contribution is -1.88. The Hall–Kier alpha value is -1.05. The molecule has 0 radical (unpaired) electrons. The summed E-state index contributed by atoms with van der Waals surface area (Å²) in [6, 6.07) is 2.13. The second-order valence-electron chi connectivity index (χ2n) is 3.14. The number of unbranched alkanes of at least 4 members (excludes halogenated alkanes) is 1. The van der Waals surface area contributed by atoms with E-state index in [-0.39, 0.29) is 0 Å². The third-order valence-electron chi connectivity index (χ3n) is 2.01. The highest BCUT2D eigenvalue weighted by molar-refractivity contribution is 5.76. The van der Waals surface area contributed by atoms with Gasteiger partial charge in [0.05, 0.1) is 5.69 Å². The number of hydrogen-bond donors (Lipinski definition) is 2. The highest BCUT2D eigenvalue weighted by Crippen LogP contribution is 2.11. The number of hydrogen-bond acceptors (Lipinski definition) is 1. The molecule has 2 nitrogen and oxygen atoms in total. The molecule has 0 unspecified atom stereocenters. The highest BCUT2D eigenvalue weighted by Gasteiger charge is 2.02. The van der Waals surface area contributed by atoms with E-state index >= 15 is 0 Å². The molecule has 66 valence electrons. The minimum Gasteiger partial charge on any atom is -0.358 e. The molecular formula is C10H16N2. The Morgan fingerprint density at radius 2 is 2.33 bits per heavy atom. The van der Waals surface area contributed by atoms with E-state index in [1.54, 1.807) is 0 Å². The first-order valence-corrected chi connectivity index (χ1v) is 4.47. The summed E-state index contributed by atoms with van der Waals surface area (Å²) in [6.07, 6.45) is 4.91. The van der Waals surface area contributed by atoms with Gasteiger partial charge in [0, 0.05) is 11.9 Å². The van der Waals surface area contributed by atoms with Crippen LogP contribution in [0.2, 0.25) is 0 Å². The fraction of sp³-hybridized carbons (Fsp3) is 0.500. The standard InChI is InChI=1S/C10H16N2/c1-3-4-5-9-6-8(2)12-10(9)7-11/h6-7,11-12H,3-5H2,1-2H3. The van der Waals surface area contributed by atoms with Crippen LogP contribution in [-0.2, 0) is 6.42 Å². The van der Waals surface area contributed by atoms with Crippen LogP contribution in [0.15, 0.2) is 6.07 Å². The summed E-state index contributed by atoms with van der Waals surface area (Å²) >= 11 is 0. The predicted molar refractivity (Wildman–Crippen MR) is 52.0 cm³/mol. The summed E-state index contributed by atoms with van der Waals surface area (Å²) in [5, 5.41) is 7.18. The molecule has 2 heteroatoms. The number of aryl methyl sites for hydroxylation is 2. The van der Waals surface area contributed by atoms with Gasteiger partial charge in [-0.05, 0) is 31.4 Å². The minimum absolute atomic E-state index is 0.973. The van der Waals surface area contributed by atoms with Crippen LogP contribution in [0.1, 0.15) is 36.7 Å². The van der Waals surface area contributed by atoms with Crippen molar-refractivity contribution in [1.29, 1.82) is 5.41 Å². The first-order valence-electron chi connectivity index (χ1n) is 4.47. The van der Waals surface area contributed by atoms with Crippen LogP contribution in [0.25, 0.3) is 0 Å². The molecule has 0 spiro atoms. The molecule has 0 aliphatic heterocycles. The molecule has 0 amide bonds. The molecule has 0 aliphatic carbocycles. The van der Waals surface area contributed by atoms with Crippen molar-refractivity contribution in [2.24, 2.45) is 0 Å². The van der Waals surface area contributed by atoms with Crippen molar-refractivity contribution >= 4 is 6.21 Å². The molecule has 0 saturated heterocycles. The molecule has 1 heterocycles. The van der Waals surface area contributed by atoms with Gasteiger partial charge in [-0.3, -0.25) is 0 Å². The molecule has 0 aromatic carbocycles. The molecule has 0 saturated carbocycles. The Kier molecular flexibility index (Phi) is 3.09. The zero-order valence-electron chi connectivity index (χ0n) is 7.78. The maximum absolute atomic E-state index is 7.18. The topological polar surface area (TPSA) is 39.6 Å². The third-order valence-corrected chi connectivity index (χ3v) is 2.01. The SMILES string of the molecule is CCCCc1cc(C)[nH]c1C=N. The van der Waals surface area contributed by atoms with Crippen LogP contribution in [-0.4, -0.2) is 11.2 Å². The van der Waals surface area contributed by atoms with Crippen molar-refractivity contribution < 1.29 is 0 Å². The van der Waals surface area contributed by atoms with Crippen molar-refractivity contribution in [2.75, 3.05) is 0 Å². The van der Waals surface area contributed by atoms with Crippen molar-refractivity contribution in [3.05, 3.63) is 23.0 Å². The van der Waals surface area contributed by atoms with Gasteiger partial charge in [-0.25, -0.2) is 0 Å². The van der Waals surface area contributed by atoms with E-state index in [9.17, 15) is 0 Å². The Bertz CT molecular complexity index is 261. The fourth-order valence-corrected chi connectivity index (χ4v) is 1.37. The van der Waals surface area contributed by atoms with Gasteiger partial charge in [0.2, 0.25) is 0 Å². The van der Waals surface area contributed by atoms with Gasteiger partial charge in [0.25, 0.3) is 0 Å². The molecule has 1 aromatic heterocycles. The monoisotopic (exact) mass is 164 g/mol. The molecule has 0 fully saturated rings. The Labute approximate surface area is 73.5 Å². The molecule has 0 aliphatic rings. The van der Waals surface area contributed by atoms with Crippen LogP contribution in [0.4, 0.5) is 0 Å². The Morgan fingerprint density at radius 1 is 1.58 bits per heavy atom. The number of H-pyrrole nitrogens is 1. The fourth-order valence-electron chi connectivity index (χ4n) is 1.37. The minimum atomic E-state index is 0.973. The quantitative estimate of drug-likeness (QED) is 0.642. The molecule has 0 bridgehead atoms. The number of aromatic nitrogens is 1. The maximum atomic E-state index is 7.18. The van der Waals surface area contributed by atoms with Crippen molar-refractivity contribution in [1.82, 2.24) is 4.98 Å². The normalized spacial score (nSPS) is 10.2. The lowest BCUT2D eigenvalue weighted by molar-refractivity contribution is 0.795. The maximum Gasteiger partial charge on any atom is 0.0593 e. The average molecular weight is 164 g/mol. The van der Waals surface area contributed by atoms with Gasteiger partial charge in [-0.15, -0.1) is 0 Å². The van der Waals surface area contributed by atoms with Crippen molar-refractivity contribution in [2.45, 2.75) is 33.1 Å². The van der Waals surface area contributed by atoms with Crippen LogP contribution in [0, 0.1) is 12.3 Å². The lowest BCUT2D eigenvalue weighted by Gasteiger charge is -1.95. The van der Waals surface area contributed by atoms with Gasteiger partial charge in [-0.2, -0.15) is 0 Å². The van der Waals surface area contributed by atoms with Crippen LogP contribution in [0.5, 0.6) is 0 Å². The van der Waals surface area contributed by atoms with Crippen LogP contribution >= 0.6 is 0 Å². The average Bonchev–Trinajstić information content (AvgIpc) is 2.42. The summed E-state index contributed by atoms with van der Waals surface area (Å²) in [6.45, 7) is 4.21. The van der Waals surface area contributed by atoms with Gasteiger partial charge in [0.1, 0.15) is 0 Å². The summed E-state index contributed by atoms with van der Waals surface area (Å²) in [4.78, 5) is 3.16. The van der Waals surface area contributed by atoms with E-state index in [1.165, 1.54) is 24.6 Å². The molecule has 0 atom stereocenters. The van der Waals surface area contributed by atoms with Gasteiger partial charge in [0.15, 0.2) is 0 Å². The Morgan fingerprint density at radius 3 is 2.92 bits per heavy atom. The smallest absolute Gasteiger partial charge is 0.0593 e. The van der Waals surface area contributed by atoms with E-state index < -0.39 is 0 Å². The Balaban J connectivity index is 2.74. The summed E-state index contributed by atoms with van der Waals surface area (Å²) in [7, 11) is 0. The number of rotatable bonds is 4. The summed E-state index contributed by atoms with van der Waals surface area (Å²) in [5.41, 5.74) is 3.41. The number of aromatic amines is 1. The second kappa shape index (κ2) is 4.10. The summed E-state index contributed by atoms with van der Waals surface area (Å²) in [5.74, 6) is 0. The number of nitrogens with one attached hydrogen (secondary N) is 2. The zero-order valence-corrected chi connectivity index (χ0v) is 7.78. The van der Waals surface area contributed by atoms with Crippen LogP contribution in [0.3, 0.4) is 0 Å². The molecule has 12 heavy (non-hydrogen) atoms. The first kappa shape index (κ1) is 9.04. The molecule has 1 rings (SSSR count). The van der Waals surface area contributed by atoms with Crippen LogP contribution < -0.4 is 0 Å². The van der Waals surface area contributed by atoms with E-state index in [1.807, 2.05) is 6.92 Å². The summed E-state index contributed by atoms with van der Waals surface area (Å²) < 4.78 is 0. The van der Waals surface area contributed by atoms with Gasteiger partial charge >= 0.3 is 0 Å². The predicted octanol–water partition coefficient (Wildman–Crippen LogP) is 2.66. The van der Waals surface area contributed by atoms with Gasteiger partial charge < -0.3 is 10.4 Å². The molecular weight excluding hydrogens is 148 g/mol. The van der Waals surface area contributed by atoms with Crippen molar-refractivity contribution in [3.8, 4) is 0 Å². The van der Waals surface area contributed by atoms with E-state index in [0.717, 1.165) is 17.8 Å². The lowest BCUT2D eigenvalue weighted by atomic mass is 10.1. The largest absolute Gasteiger partial charge is 0.358 e. The second-order valence-corrected chi connectivity index (χ2v) is 3.14. The van der Waals surface area contributed by atoms with E-state index in [0.29, 0.717) is 0 Å². The molecule has 2 N–H and O–H groups in total. The molecule has 1 aromatic rings. The van der Waals surface area contributed by atoms with Crippen molar-refractivity contribution in [3.63, 3.8) is 0 Å². The van der Waals surface area contributed by atoms with E-state index in [2.05, 4.69) is 18.0 Å². The zero-order chi connectivity index (χ0) is 8.97. The first-order chi connectivity index (χ1) is 5.77. The third kappa shape index (κ3) is 1.97.